The average Bonchev–Trinajstić information content (AvgIpc) is 2.67. The monoisotopic (exact) mass is 350 g/mol. The van der Waals surface area contributed by atoms with Gasteiger partial charge in [0.1, 0.15) is 6.07 Å². The number of hydrogen-bond acceptors (Lipinski definition) is 5. The van der Waals surface area contributed by atoms with Crippen molar-refractivity contribution in [1.29, 1.82) is 5.26 Å². The van der Waals surface area contributed by atoms with Gasteiger partial charge in [0.05, 0.1) is 16.2 Å². The van der Waals surface area contributed by atoms with Crippen LogP contribution in [-0.4, -0.2) is 18.4 Å². The predicted molar refractivity (Wildman–Crippen MR) is 92.7 cm³/mol. The molecule has 0 fully saturated rings. The molecule has 0 unspecified atom stereocenters. The van der Waals surface area contributed by atoms with Crippen molar-refractivity contribution in [3.8, 4) is 17.3 Å². The number of nitrogens with one attached hydrogen (secondary N) is 1. The Kier molecular flexibility index (Phi) is 4.84. The molecule has 3 rings (SSSR count). The van der Waals surface area contributed by atoms with Crippen LogP contribution in [0.15, 0.2) is 72.0 Å². The molecule has 6 nitrogen and oxygen atoms in total. The lowest BCUT2D eigenvalue weighted by atomic mass is 10.1. The second-order valence-electron chi connectivity index (χ2n) is 5.22. The van der Waals surface area contributed by atoms with Gasteiger partial charge in [-0.15, -0.1) is 0 Å². The molecule has 0 saturated carbocycles. The summed E-state index contributed by atoms with van der Waals surface area (Å²) in [6.45, 7) is 0.0951. The predicted octanol–water partition coefficient (Wildman–Crippen LogP) is 2.49. The van der Waals surface area contributed by atoms with Crippen LogP contribution in [0.1, 0.15) is 11.1 Å². The van der Waals surface area contributed by atoms with Crippen LogP contribution in [0.25, 0.3) is 11.3 Å². The van der Waals surface area contributed by atoms with Crippen molar-refractivity contribution < 1.29 is 8.42 Å². The third-order valence-corrected chi connectivity index (χ3v) is 5.00. The quantitative estimate of drug-likeness (QED) is 0.763. The molecule has 124 valence electrons. The van der Waals surface area contributed by atoms with Crippen LogP contribution < -0.4 is 4.72 Å². The molecule has 0 amide bonds. The van der Waals surface area contributed by atoms with Crippen molar-refractivity contribution in [2.75, 3.05) is 0 Å². The number of hydrogen-bond donors (Lipinski definition) is 1. The number of benzene rings is 1. The highest BCUT2D eigenvalue weighted by atomic mass is 32.2. The van der Waals surface area contributed by atoms with Crippen LogP contribution in [0.4, 0.5) is 0 Å². The Bertz CT molecular complexity index is 1030. The molecule has 0 bridgehead atoms. The molecule has 1 N–H and O–H groups in total. The van der Waals surface area contributed by atoms with E-state index in [1.54, 1.807) is 42.9 Å². The van der Waals surface area contributed by atoms with Crippen molar-refractivity contribution in [2.45, 2.75) is 11.4 Å². The Hall–Kier alpha value is -3.08. The van der Waals surface area contributed by atoms with Gasteiger partial charge in [0.15, 0.2) is 0 Å². The maximum absolute atomic E-state index is 12.5. The first kappa shape index (κ1) is 16.8. The molecule has 7 heteroatoms. The second kappa shape index (κ2) is 7.21. The summed E-state index contributed by atoms with van der Waals surface area (Å²) >= 11 is 0. The van der Waals surface area contributed by atoms with Gasteiger partial charge < -0.3 is 0 Å². The molecule has 0 aliphatic carbocycles. The normalized spacial score (nSPS) is 11.0. The molecule has 2 heterocycles. The summed E-state index contributed by atoms with van der Waals surface area (Å²) in [5.41, 5.74) is 2.43. The Labute approximate surface area is 145 Å². The van der Waals surface area contributed by atoms with Gasteiger partial charge in [-0.1, -0.05) is 12.1 Å². The lowest BCUT2D eigenvalue weighted by Gasteiger charge is -2.09. The summed E-state index contributed by atoms with van der Waals surface area (Å²) in [4.78, 5) is 8.30. The molecule has 0 atom stereocenters. The summed E-state index contributed by atoms with van der Waals surface area (Å²) in [5.74, 6) is 0. The molecular formula is C18H14N4O2S. The summed E-state index contributed by atoms with van der Waals surface area (Å²) < 4.78 is 27.4. The van der Waals surface area contributed by atoms with E-state index in [2.05, 4.69) is 14.7 Å². The zero-order valence-corrected chi connectivity index (χ0v) is 13.9. The van der Waals surface area contributed by atoms with Crippen LogP contribution >= 0.6 is 0 Å². The highest BCUT2D eigenvalue weighted by Gasteiger charge is 2.17. The molecule has 0 aliphatic rings. The summed E-state index contributed by atoms with van der Waals surface area (Å²) in [7, 11) is -3.78. The Morgan fingerprint density at radius 3 is 2.68 bits per heavy atom. The van der Waals surface area contributed by atoms with E-state index >= 15 is 0 Å². The molecule has 25 heavy (non-hydrogen) atoms. The average molecular weight is 350 g/mol. The standard InChI is InChI=1S/C18H14N4O2S/c19-11-15-4-1-2-6-18(15)25(23,24)22-12-14-7-9-21-17(10-14)16-5-3-8-20-13-16/h1-10,13,22H,12H2. The highest BCUT2D eigenvalue weighted by Crippen LogP contribution is 2.18. The van der Waals surface area contributed by atoms with Crippen LogP contribution in [0.2, 0.25) is 0 Å². The Morgan fingerprint density at radius 2 is 1.92 bits per heavy atom. The summed E-state index contributed by atoms with van der Waals surface area (Å²) in [6, 6.07) is 15.2. The zero-order chi connectivity index (χ0) is 17.7. The molecule has 0 aliphatic heterocycles. The van der Waals surface area contributed by atoms with E-state index in [9.17, 15) is 8.42 Å². The third-order valence-electron chi connectivity index (χ3n) is 3.54. The van der Waals surface area contributed by atoms with Gasteiger partial charge in [0.25, 0.3) is 0 Å². The van der Waals surface area contributed by atoms with Gasteiger partial charge >= 0.3 is 0 Å². The fourth-order valence-electron chi connectivity index (χ4n) is 2.31. The van der Waals surface area contributed by atoms with E-state index in [-0.39, 0.29) is 17.0 Å². The van der Waals surface area contributed by atoms with E-state index in [1.165, 1.54) is 12.1 Å². The number of rotatable bonds is 5. The Balaban J connectivity index is 1.81. The van der Waals surface area contributed by atoms with Crippen molar-refractivity contribution in [3.05, 3.63) is 78.2 Å². The van der Waals surface area contributed by atoms with Crippen LogP contribution in [0.3, 0.4) is 0 Å². The van der Waals surface area contributed by atoms with Gasteiger partial charge in [0, 0.05) is 30.7 Å². The molecule has 1 aromatic carbocycles. The van der Waals surface area contributed by atoms with Gasteiger partial charge in [-0.3, -0.25) is 9.97 Å². The second-order valence-corrected chi connectivity index (χ2v) is 6.96. The van der Waals surface area contributed by atoms with Gasteiger partial charge in [-0.2, -0.15) is 5.26 Å². The number of pyridine rings is 2. The van der Waals surface area contributed by atoms with Gasteiger partial charge in [-0.05, 0) is 42.0 Å². The van der Waals surface area contributed by atoms with Crippen molar-refractivity contribution in [2.24, 2.45) is 0 Å². The maximum Gasteiger partial charge on any atom is 0.242 e. The first-order valence-corrected chi connectivity index (χ1v) is 8.92. The number of sulfonamides is 1. The summed E-state index contributed by atoms with van der Waals surface area (Å²) in [5, 5.41) is 9.07. The number of aromatic nitrogens is 2. The molecule has 0 spiro atoms. The van der Waals surface area contributed by atoms with E-state index in [4.69, 9.17) is 5.26 Å². The number of nitrogens with zero attached hydrogens (tertiary/aromatic N) is 3. The fourth-order valence-corrected chi connectivity index (χ4v) is 3.48. The molecule has 0 saturated heterocycles. The van der Waals surface area contributed by atoms with Crippen molar-refractivity contribution in [3.63, 3.8) is 0 Å². The third kappa shape index (κ3) is 3.88. The molecule has 0 radical (unpaired) electrons. The van der Waals surface area contributed by atoms with E-state index in [0.29, 0.717) is 5.69 Å². The van der Waals surface area contributed by atoms with Gasteiger partial charge in [-0.25, -0.2) is 13.1 Å². The molecular weight excluding hydrogens is 336 g/mol. The highest BCUT2D eigenvalue weighted by molar-refractivity contribution is 7.89. The van der Waals surface area contributed by atoms with Crippen LogP contribution in [0, 0.1) is 11.3 Å². The van der Waals surface area contributed by atoms with E-state index in [1.807, 2.05) is 18.2 Å². The minimum Gasteiger partial charge on any atom is -0.264 e. The smallest absolute Gasteiger partial charge is 0.242 e. The Morgan fingerprint density at radius 1 is 1.08 bits per heavy atom. The van der Waals surface area contributed by atoms with Crippen molar-refractivity contribution in [1.82, 2.24) is 14.7 Å². The van der Waals surface area contributed by atoms with Crippen LogP contribution in [0.5, 0.6) is 0 Å². The topological polar surface area (TPSA) is 95.7 Å². The fraction of sp³-hybridized carbons (Fsp3) is 0.0556. The SMILES string of the molecule is N#Cc1ccccc1S(=O)(=O)NCc1ccnc(-c2cccnc2)c1. The van der Waals surface area contributed by atoms with Crippen LogP contribution in [-0.2, 0) is 16.6 Å². The molecule has 2 aromatic heterocycles. The minimum atomic E-state index is -3.78. The zero-order valence-electron chi connectivity index (χ0n) is 13.1. The lowest BCUT2D eigenvalue weighted by Crippen LogP contribution is -2.24. The number of nitriles is 1. The largest absolute Gasteiger partial charge is 0.264 e. The first-order valence-electron chi connectivity index (χ1n) is 7.44. The summed E-state index contributed by atoms with van der Waals surface area (Å²) in [6.07, 6.45) is 4.99. The maximum atomic E-state index is 12.5. The lowest BCUT2D eigenvalue weighted by molar-refractivity contribution is 0.581. The first-order chi connectivity index (χ1) is 12.1. The van der Waals surface area contributed by atoms with E-state index in [0.717, 1.165) is 11.1 Å². The van der Waals surface area contributed by atoms with Crippen molar-refractivity contribution >= 4 is 10.0 Å². The minimum absolute atomic E-state index is 0.0287. The molecule has 3 aromatic rings. The van der Waals surface area contributed by atoms with E-state index < -0.39 is 10.0 Å². The van der Waals surface area contributed by atoms with Gasteiger partial charge in [0.2, 0.25) is 10.0 Å².